The van der Waals surface area contributed by atoms with Gasteiger partial charge in [0.15, 0.2) is 0 Å². The Balaban J connectivity index is 1.87. The predicted octanol–water partition coefficient (Wildman–Crippen LogP) is 2.70. The second-order valence-corrected chi connectivity index (χ2v) is 5.31. The second kappa shape index (κ2) is 6.57. The largest absolute Gasteiger partial charge is 0.377 e. The standard InChI is InChI=1S/C13H16Cl2N2O2/c1-8-11(5-6-19-8)16-7-12(18)17-13-9(14)3-2-4-10(13)15/h2-4,8,11,16H,5-7H2,1H3,(H,17,18). The number of anilines is 1. The van der Waals surface area contributed by atoms with Crippen molar-refractivity contribution >= 4 is 34.8 Å². The van der Waals surface area contributed by atoms with Crippen molar-refractivity contribution < 1.29 is 9.53 Å². The van der Waals surface area contributed by atoms with Crippen LogP contribution < -0.4 is 10.6 Å². The molecule has 1 aromatic carbocycles. The average Bonchev–Trinajstić information content (AvgIpc) is 2.77. The molecule has 0 radical (unpaired) electrons. The molecule has 0 saturated carbocycles. The van der Waals surface area contributed by atoms with E-state index in [0.717, 1.165) is 13.0 Å². The lowest BCUT2D eigenvalue weighted by atomic mass is 10.1. The lowest BCUT2D eigenvalue weighted by Crippen LogP contribution is -2.39. The van der Waals surface area contributed by atoms with Crippen molar-refractivity contribution in [3.63, 3.8) is 0 Å². The van der Waals surface area contributed by atoms with E-state index in [-0.39, 0.29) is 24.6 Å². The van der Waals surface area contributed by atoms with Gasteiger partial charge in [0, 0.05) is 12.6 Å². The Morgan fingerprint density at radius 1 is 1.42 bits per heavy atom. The molecular formula is C13H16Cl2N2O2. The molecule has 1 fully saturated rings. The Labute approximate surface area is 122 Å². The van der Waals surface area contributed by atoms with Crippen LogP contribution in [0.2, 0.25) is 10.0 Å². The number of rotatable bonds is 4. The van der Waals surface area contributed by atoms with Crippen molar-refractivity contribution in [2.45, 2.75) is 25.5 Å². The Morgan fingerprint density at radius 2 is 2.11 bits per heavy atom. The van der Waals surface area contributed by atoms with Crippen LogP contribution in [0.5, 0.6) is 0 Å². The van der Waals surface area contributed by atoms with Crippen LogP contribution in [0.3, 0.4) is 0 Å². The first-order valence-electron chi connectivity index (χ1n) is 6.17. The zero-order chi connectivity index (χ0) is 13.8. The maximum atomic E-state index is 11.8. The summed E-state index contributed by atoms with van der Waals surface area (Å²) in [7, 11) is 0. The number of nitrogens with one attached hydrogen (secondary N) is 2. The van der Waals surface area contributed by atoms with Gasteiger partial charge in [-0.15, -0.1) is 0 Å². The highest BCUT2D eigenvalue weighted by Gasteiger charge is 2.24. The van der Waals surface area contributed by atoms with E-state index in [1.165, 1.54) is 0 Å². The predicted molar refractivity (Wildman–Crippen MR) is 76.9 cm³/mol. The van der Waals surface area contributed by atoms with E-state index in [0.29, 0.717) is 15.7 Å². The number of benzene rings is 1. The number of carbonyl (C=O) groups excluding carboxylic acids is 1. The van der Waals surface area contributed by atoms with Crippen molar-refractivity contribution in [3.8, 4) is 0 Å². The Bertz CT molecular complexity index is 448. The fraction of sp³-hybridized carbons (Fsp3) is 0.462. The molecule has 2 N–H and O–H groups in total. The SMILES string of the molecule is CC1OCCC1NCC(=O)Nc1c(Cl)cccc1Cl. The quantitative estimate of drug-likeness (QED) is 0.899. The topological polar surface area (TPSA) is 50.4 Å². The molecule has 0 bridgehead atoms. The highest BCUT2D eigenvalue weighted by atomic mass is 35.5. The monoisotopic (exact) mass is 302 g/mol. The van der Waals surface area contributed by atoms with E-state index in [1.54, 1.807) is 18.2 Å². The number of hydrogen-bond acceptors (Lipinski definition) is 3. The third-order valence-corrected chi connectivity index (χ3v) is 3.76. The van der Waals surface area contributed by atoms with Gasteiger partial charge in [0.2, 0.25) is 5.91 Å². The molecule has 19 heavy (non-hydrogen) atoms. The Kier molecular flexibility index (Phi) is 5.05. The van der Waals surface area contributed by atoms with E-state index in [2.05, 4.69) is 10.6 Å². The van der Waals surface area contributed by atoms with Gasteiger partial charge in [0.25, 0.3) is 0 Å². The number of ether oxygens (including phenoxy) is 1. The van der Waals surface area contributed by atoms with Crippen molar-refractivity contribution in [1.29, 1.82) is 0 Å². The molecule has 6 heteroatoms. The van der Waals surface area contributed by atoms with Gasteiger partial charge in [0.05, 0.1) is 28.4 Å². The molecule has 0 spiro atoms. The first-order valence-corrected chi connectivity index (χ1v) is 6.92. The van der Waals surface area contributed by atoms with E-state index >= 15 is 0 Å². The van der Waals surface area contributed by atoms with E-state index in [4.69, 9.17) is 27.9 Å². The summed E-state index contributed by atoms with van der Waals surface area (Å²) in [5.41, 5.74) is 0.452. The minimum atomic E-state index is -0.172. The van der Waals surface area contributed by atoms with Crippen LogP contribution in [-0.4, -0.2) is 31.2 Å². The molecule has 1 aromatic rings. The summed E-state index contributed by atoms with van der Waals surface area (Å²) < 4.78 is 5.42. The first kappa shape index (κ1) is 14.6. The maximum Gasteiger partial charge on any atom is 0.238 e. The zero-order valence-electron chi connectivity index (χ0n) is 10.6. The summed E-state index contributed by atoms with van der Waals surface area (Å²) >= 11 is 12.0. The van der Waals surface area contributed by atoms with Crippen LogP contribution in [0.4, 0.5) is 5.69 Å². The smallest absolute Gasteiger partial charge is 0.238 e. The van der Waals surface area contributed by atoms with Crippen LogP contribution in [0.15, 0.2) is 18.2 Å². The first-order chi connectivity index (χ1) is 9.08. The molecule has 2 atom stereocenters. The lowest BCUT2D eigenvalue weighted by Gasteiger charge is -2.16. The van der Waals surface area contributed by atoms with Crippen molar-refractivity contribution in [2.24, 2.45) is 0 Å². The molecule has 2 unspecified atom stereocenters. The van der Waals surface area contributed by atoms with Gasteiger partial charge in [-0.05, 0) is 25.5 Å². The molecule has 4 nitrogen and oxygen atoms in total. The molecule has 2 rings (SSSR count). The van der Waals surface area contributed by atoms with Crippen LogP contribution in [0.1, 0.15) is 13.3 Å². The molecule has 1 aliphatic rings. The number of amides is 1. The van der Waals surface area contributed by atoms with E-state index in [1.807, 2.05) is 6.92 Å². The lowest BCUT2D eigenvalue weighted by molar-refractivity contribution is -0.115. The van der Waals surface area contributed by atoms with E-state index in [9.17, 15) is 4.79 Å². The number of hydrogen-bond donors (Lipinski definition) is 2. The molecule has 1 heterocycles. The summed E-state index contributed by atoms with van der Waals surface area (Å²) in [5.74, 6) is -0.172. The molecule has 0 aromatic heterocycles. The Hall–Kier alpha value is -0.810. The van der Waals surface area contributed by atoms with Gasteiger partial charge in [-0.3, -0.25) is 4.79 Å². The summed E-state index contributed by atoms with van der Waals surface area (Å²) in [4.78, 5) is 11.8. The highest BCUT2D eigenvalue weighted by molar-refractivity contribution is 6.39. The average molecular weight is 303 g/mol. The third kappa shape index (κ3) is 3.83. The molecule has 104 valence electrons. The van der Waals surface area contributed by atoms with Gasteiger partial charge >= 0.3 is 0 Å². The minimum Gasteiger partial charge on any atom is -0.377 e. The molecule has 1 aliphatic heterocycles. The summed E-state index contributed by atoms with van der Waals surface area (Å²) in [6.45, 7) is 2.93. The molecule has 1 amide bonds. The van der Waals surface area contributed by atoms with Gasteiger partial charge in [0.1, 0.15) is 0 Å². The number of carbonyl (C=O) groups is 1. The number of halogens is 2. The molecular weight excluding hydrogens is 287 g/mol. The van der Waals surface area contributed by atoms with Crippen molar-refractivity contribution in [1.82, 2.24) is 5.32 Å². The van der Waals surface area contributed by atoms with Gasteiger partial charge in [-0.2, -0.15) is 0 Å². The fourth-order valence-corrected chi connectivity index (χ4v) is 2.52. The number of para-hydroxylation sites is 1. The van der Waals surface area contributed by atoms with Gasteiger partial charge in [-0.1, -0.05) is 29.3 Å². The van der Waals surface area contributed by atoms with Crippen LogP contribution in [0, 0.1) is 0 Å². The fourth-order valence-electron chi connectivity index (χ4n) is 2.02. The van der Waals surface area contributed by atoms with Crippen LogP contribution >= 0.6 is 23.2 Å². The van der Waals surface area contributed by atoms with Gasteiger partial charge < -0.3 is 15.4 Å². The van der Waals surface area contributed by atoms with Crippen molar-refractivity contribution in [3.05, 3.63) is 28.2 Å². The summed E-state index contributed by atoms with van der Waals surface area (Å²) in [6, 6.07) is 5.32. The molecule has 0 aliphatic carbocycles. The highest BCUT2D eigenvalue weighted by Crippen LogP contribution is 2.29. The zero-order valence-corrected chi connectivity index (χ0v) is 12.1. The third-order valence-electron chi connectivity index (χ3n) is 3.13. The van der Waals surface area contributed by atoms with Gasteiger partial charge in [-0.25, -0.2) is 0 Å². The van der Waals surface area contributed by atoms with Crippen molar-refractivity contribution in [2.75, 3.05) is 18.5 Å². The van der Waals surface area contributed by atoms with Crippen LogP contribution in [-0.2, 0) is 9.53 Å². The summed E-state index contributed by atoms with van der Waals surface area (Å²) in [6.07, 6.45) is 1.05. The summed E-state index contributed by atoms with van der Waals surface area (Å²) in [5, 5.41) is 6.74. The second-order valence-electron chi connectivity index (χ2n) is 4.50. The van der Waals surface area contributed by atoms with Crippen LogP contribution in [0.25, 0.3) is 0 Å². The molecule has 1 saturated heterocycles. The maximum absolute atomic E-state index is 11.8. The normalized spacial score (nSPS) is 22.5. The Morgan fingerprint density at radius 3 is 2.68 bits per heavy atom. The van der Waals surface area contributed by atoms with E-state index < -0.39 is 0 Å². The minimum absolute atomic E-state index is 0.136.